The fourth-order valence-corrected chi connectivity index (χ4v) is 3.19. The highest BCUT2D eigenvalue weighted by molar-refractivity contribution is 6.02. The molecule has 0 aromatic heterocycles. The van der Waals surface area contributed by atoms with Gasteiger partial charge < -0.3 is 10.1 Å². The number of nitrogens with one attached hydrogen (secondary N) is 1. The molecule has 1 N–H and O–H groups in total. The van der Waals surface area contributed by atoms with Gasteiger partial charge in [-0.05, 0) is 36.8 Å². The van der Waals surface area contributed by atoms with Gasteiger partial charge in [-0.25, -0.2) is 4.79 Å². The van der Waals surface area contributed by atoms with Gasteiger partial charge >= 0.3 is 5.97 Å². The van der Waals surface area contributed by atoms with Crippen molar-refractivity contribution in [2.75, 3.05) is 12.4 Å². The zero-order valence-electron chi connectivity index (χ0n) is 11.3. The lowest BCUT2D eigenvalue weighted by atomic mass is 9.92. The average Bonchev–Trinajstić information content (AvgIpc) is 3.09. The Bertz CT molecular complexity index is 579. The molecule has 1 aromatic carbocycles. The van der Waals surface area contributed by atoms with Crippen LogP contribution in [0.25, 0.3) is 0 Å². The van der Waals surface area contributed by atoms with Crippen molar-refractivity contribution in [1.82, 2.24) is 0 Å². The Morgan fingerprint density at radius 3 is 2.65 bits per heavy atom. The number of para-hydroxylation sites is 1. The van der Waals surface area contributed by atoms with Crippen LogP contribution in [0.5, 0.6) is 0 Å². The predicted molar refractivity (Wildman–Crippen MR) is 75.3 cm³/mol. The van der Waals surface area contributed by atoms with E-state index in [1.54, 1.807) is 24.3 Å². The topological polar surface area (TPSA) is 55.4 Å². The van der Waals surface area contributed by atoms with Crippen LogP contribution in [0.4, 0.5) is 5.69 Å². The van der Waals surface area contributed by atoms with Crippen molar-refractivity contribution < 1.29 is 14.3 Å². The van der Waals surface area contributed by atoms with Crippen LogP contribution in [0, 0.1) is 17.8 Å². The lowest BCUT2D eigenvalue weighted by molar-refractivity contribution is -0.120. The Hall–Kier alpha value is -2.10. The molecule has 104 valence electrons. The third-order valence-corrected chi connectivity index (χ3v) is 4.21. The summed E-state index contributed by atoms with van der Waals surface area (Å²) in [6.45, 7) is 0. The number of ether oxygens (including phenoxy) is 1. The quantitative estimate of drug-likeness (QED) is 0.679. The lowest BCUT2D eigenvalue weighted by Crippen LogP contribution is -2.26. The number of methoxy groups -OCH3 is 1. The summed E-state index contributed by atoms with van der Waals surface area (Å²) in [6, 6.07) is 6.93. The molecule has 2 aliphatic rings. The number of amides is 1. The molecule has 0 heterocycles. The van der Waals surface area contributed by atoms with Crippen LogP contribution in [-0.4, -0.2) is 19.0 Å². The Kier molecular flexibility index (Phi) is 3.30. The summed E-state index contributed by atoms with van der Waals surface area (Å²) in [5, 5.41) is 2.88. The highest BCUT2D eigenvalue weighted by Gasteiger charge is 2.39. The molecule has 0 aliphatic heterocycles. The van der Waals surface area contributed by atoms with Crippen LogP contribution in [0.15, 0.2) is 36.4 Å². The molecule has 0 spiro atoms. The molecule has 2 aliphatic carbocycles. The average molecular weight is 271 g/mol. The van der Waals surface area contributed by atoms with E-state index in [9.17, 15) is 9.59 Å². The zero-order chi connectivity index (χ0) is 14.1. The molecule has 3 atom stereocenters. The maximum atomic E-state index is 12.4. The first kappa shape index (κ1) is 12.9. The van der Waals surface area contributed by atoms with Gasteiger partial charge in [0.25, 0.3) is 0 Å². The van der Waals surface area contributed by atoms with Crippen LogP contribution in [0.1, 0.15) is 23.2 Å². The molecule has 0 saturated heterocycles. The minimum absolute atomic E-state index is 0.00166. The fourth-order valence-electron chi connectivity index (χ4n) is 3.19. The number of fused-ring (bicyclic) bond motifs is 2. The van der Waals surface area contributed by atoms with E-state index >= 15 is 0 Å². The largest absolute Gasteiger partial charge is 0.465 e. The van der Waals surface area contributed by atoms with Crippen molar-refractivity contribution in [3.05, 3.63) is 42.0 Å². The van der Waals surface area contributed by atoms with Gasteiger partial charge in [-0.1, -0.05) is 24.3 Å². The second-order valence-corrected chi connectivity index (χ2v) is 5.41. The van der Waals surface area contributed by atoms with E-state index in [0.717, 1.165) is 12.8 Å². The minimum Gasteiger partial charge on any atom is -0.465 e. The van der Waals surface area contributed by atoms with Crippen molar-refractivity contribution in [3.63, 3.8) is 0 Å². The van der Waals surface area contributed by atoms with Crippen LogP contribution in [0.2, 0.25) is 0 Å². The van der Waals surface area contributed by atoms with E-state index in [1.807, 2.05) is 0 Å². The van der Waals surface area contributed by atoms with Crippen LogP contribution < -0.4 is 5.32 Å². The van der Waals surface area contributed by atoms with Crippen molar-refractivity contribution in [3.8, 4) is 0 Å². The molecule has 4 heteroatoms. The van der Waals surface area contributed by atoms with Gasteiger partial charge in [-0.2, -0.15) is 0 Å². The molecule has 1 saturated carbocycles. The number of rotatable bonds is 3. The molecule has 1 amide bonds. The van der Waals surface area contributed by atoms with E-state index in [-0.39, 0.29) is 11.8 Å². The van der Waals surface area contributed by atoms with Gasteiger partial charge in [0.05, 0.1) is 18.4 Å². The van der Waals surface area contributed by atoms with Gasteiger partial charge in [-0.3, -0.25) is 4.79 Å². The first-order chi connectivity index (χ1) is 9.69. The zero-order valence-corrected chi connectivity index (χ0v) is 11.3. The Balaban J connectivity index is 1.76. The number of allylic oxidation sites excluding steroid dienone is 2. The molecule has 2 bridgehead atoms. The highest BCUT2D eigenvalue weighted by Crippen LogP contribution is 2.43. The van der Waals surface area contributed by atoms with Gasteiger partial charge in [0.2, 0.25) is 5.91 Å². The van der Waals surface area contributed by atoms with Crippen molar-refractivity contribution >= 4 is 17.6 Å². The van der Waals surface area contributed by atoms with Gasteiger partial charge in [0.15, 0.2) is 0 Å². The minimum atomic E-state index is -0.436. The van der Waals surface area contributed by atoms with Gasteiger partial charge in [-0.15, -0.1) is 0 Å². The van der Waals surface area contributed by atoms with Crippen molar-refractivity contribution in [1.29, 1.82) is 0 Å². The van der Waals surface area contributed by atoms with Gasteiger partial charge in [0, 0.05) is 5.92 Å². The molecule has 1 aromatic rings. The van der Waals surface area contributed by atoms with E-state index in [4.69, 9.17) is 4.74 Å². The number of hydrogen-bond acceptors (Lipinski definition) is 3. The monoisotopic (exact) mass is 271 g/mol. The first-order valence-corrected chi connectivity index (χ1v) is 6.85. The number of hydrogen-bond donors (Lipinski definition) is 1. The molecular weight excluding hydrogens is 254 g/mol. The summed E-state index contributed by atoms with van der Waals surface area (Å²) in [5.74, 6) is 0.486. The second kappa shape index (κ2) is 5.12. The maximum absolute atomic E-state index is 12.4. The van der Waals surface area contributed by atoms with Crippen LogP contribution in [0.3, 0.4) is 0 Å². The summed E-state index contributed by atoms with van der Waals surface area (Å²) >= 11 is 0. The van der Waals surface area contributed by atoms with Crippen LogP contribution >= 0.6 is 0 Å². The van der Waals surface area contributed by atoms with Crippen LogP contribution in [-0.2, 0) is 9.53 Å². The van der Waals surface area contributed by atoms with E-state index in [2.05, 4.69) is 17.5 Å². The summed E-state index contributed by atoms with van der Waals surface area (Å²) < 4.78 is 4.73. The van der Waals surface area contributed by atoms with E-state index in [1.165, 1.54) is 7.11 Å². The summed E-state index contributed by atoms with van der Waals surface area (Å²) in [7, 11) is 1.33. The number of benzene rings is 1. The molecule has 4 nitrogen and oxygen atoms in total. The number of carbonyl (C=O) groups is 2. The Morgan fingerprint density at radius 2 is 2.00 bits per heavy atom. The first-order valence-electron chi connectivity index (χ1n) is 6.85. The second-order valence-electron chi connectivity index (χ2n) is 5.41. The SMILES string of the molecule is COC(=O)c1ccccc1NC(=O)C1CC2C=CC1C2. The smallest absolute Gasteiger partial charge is 0.339 e. The molecule has 3 rings (SSSR count). The molecule has 3 unspecified atom stereocenters. The molecule has 1 fully saturated rings. The maximum Gasteiger partial charge on any atom is 0.339 e. The Morgan fingerprint density at radius 1 is 1.20 bits per heavy atom. The normalized spacial score (nSPS) is 26.6. The summed E-state index contributed by atoms with van der Waals surface area (Å²) in [6.07, 6.45) is 6.34. The molecule has 0 radical (unpaired) electrons. The molecule has 20 heavy (non-hydrogen) atoms. The highest BCUT2D eigenvalue weighted by atomic mass is 16.5. The van der Waals surface area contributed by atoms with E-state index in [0.29, 0.717) is 23.1 Å². The lowest BCUT2D eigenvalue weighted by Gasteiger charge is -2.18. The third kappa shape index (κ3) is 2.22. The number of esters is 1. The predicted octanol–water partition coefficient (Wildman–Crippen LogP) is 2.62. The van der Waals surface area contributed by atoms with Gasteiger partial charge in [0.1, 0.15) is 0 Å². The fraction of sp³-hybridized carbons (Fsp3) is 0.375. The Labute approximate surface area is 117 Å². The molecular formula is C16H17NO3. The summed E-state index contributed by atoms with van der Waals surface area (Å²) in [4.78, 5) is 24.1. The van der Waals surface area contributed by atoms with Crippen molar-refractivity contribution in [2.24, 2.45) is 17.8 Å². The summed E-state index contributed by atoms with van der Waals surface area (Å²) in [5.41, 5.74) is 0.915. The standard InChI is InChI=1S/C16H17NO3/c1-20-16(19)12-4-2-3-5-14(12)17-15(18)13-9-10-6-7-11(13)8-10/h2-7,10-11,13H,8-9H2,1H3,(H,17,18). The van der Waals surface area contributed by atoms with E-state index < -0.39 is 5.97 Å². The van der Waals surface area contributed by atoms with Crippen molar-refractivity contribution in [2.45, 2.75) is 12.8 Å². The number of anilines is 1. The third-order valence-electron chi connectivity index (χ3n) is 4.21. The number of carbonyl (C=O) groups excluding carboxylic acids is 2.